The monoisotopic (exact) mass is 341 g/mol. The Morgan fingerprint density at radius 3 is 2.84 bits per heavy atom. The van der Waals surface area contributed by atoms with Crippen molar-refractivity contribution >= 4 is 11.7 Å². The zero-order chi connectivity index (χ0) is 17.6. The Balaban J connectivity index is 1.65. The molecule has 1 unspecified atom stereocenters. The summed E-state index contributed by atoms with van der Waals surface area (Å²) in [6.07, 6.45) is 11.7. The molecule has 1 atom stereocenters. The van der Waals surface area contributed by atoms with E-state index in [1.165, 1.54) is 32.1 Å². The third-order valence-corrected chi connectivity index (χ3v) is 5.08. The van der Waals surface area contributed by atoms with Crippen LogP contribution < -0.4 is 10.2 Å². The van der Waals surface area contributed by atoms with Crippen molar-refractivity contribution in [1.29, 1.82) is 0 Å². The van der Waals surface area contributed by atoms with Gasteiger partial charge in [0.1, 0.15) is 11.9 Å². The minimum Gasteiger partial charge on any atom is -0.356 e. The number of nitrogens with zero attached hydrogens (tertiary/aromatic N) is 4. The molecule has 0 saturated heterocycles. The van der Waals surface area contributed by atoms with Crippen LogP contribution >= 0.6 is 0 Å². The maximum atomic E-state index is 12.4. The molecule has 0 radical (unpaired) electrons. The van der Waals surface area contributed by atoms with Crippen molar-refractivity contribution in [2.75, 3.05) is 11.9 Å². The fraction of sp³-hybridized carbons (Fsp3) is 0.526. The van der Waals surface area contributed by atoms with Crippen LogP contribution in [0.5, 0.6) is 0 Å². The van der Waals surface area contributed by atoms with Crippen LogP contribution in [-0.2, 0) is 11.3 Å². The molecule has 1 N–H and O–H groups in total. The molecular weight excluding hydrogens is 314 g/mol. The van der Waals surface area contributed by atoms with E-state index in [1.54, 1.807) is 17.1 Å². The minimum atomic E-state index is -0.328. The van der Waals surface area contributed by atoms with E-state index < -0.39 is 0 Å². The van der Waals surface area contributed by atoms with Crippen molar-refractivity contribution in [2.45, 2.75) is 57.7 Å². The predicted octanol–water partition coefficient (Wildman–Crippen LogP) is 2.92. The Morgan fingerprint density at radius 1 is 1.32 bits per heavy atom. The van der Waals surface area contributed by atoms with Crippen LogP contribution in [0.25, 0.3) is 0 Å². The Labute approximate surface area is 149 Å². The van der Waals surface area contributed by atoms with Gasteiger partial charge in [-0.25, -0.2) is 4.98 Å². The number of amides is 1. The van der Waals surface area contributed by atoms with Gasteiger partial charge in [0.05, 0.1) is 0 Å². The highest BCUT2D eigenvalue weighted by molar-refractivity contribution is 5.79. The summed E-state index contributed by atoms with van der Waals surface area (Å²) < 4.78 is 1.66. The molecule has 1 fully saturated rings. The Bertz CT molecular complexity index is 679. The molecule has 2 heterocycles. The fourth-order valence-electron chi connectivity index (χ4n) is 3.49. The van der Waals surface area contributed by atoms with Gasteiger partial charge in [0.15, 0.2) is 0 Å². The van der Waals surface area contributed by atoms with Crippen molar-refractivity contribution in [3.63, 3.8) is 0 Å². The minimum absolute atomic E-state index is 0.0428. The number of rotatable bonds is 6. The summed E-state index contributed by atoms with van der Waals surface area (Å²) in [7, 11) is 2.12. The smallest absolute Gasteiger partial charge is 0.244 e. The Hall–Kier alpha value is -2.37. The van der Waals surface area contributed by atoms with E-state index in [0.29, 0.717) is 12.6 Å². The topological polar surface area (TPSA) is 63.1 Å². The third-order valence-electron chi connectivity index (χ3n) is 5.08. The lowest BCUT2D eigenvalue weighted by Crippen LogP contribution is -2.36. The van der Waals surface area contributed by atoms with Crippen LogP contribution in [0, 0.1) is 0 Å². The van der Waals surface area contributed by atoms with Gasteiger partial charge in [-0.3, -0.25) is 9.48 Å². The standard InChI is InChI=1S/C19H27N5O/c1-15(24-13-7-12-22-24)19(25)21-14-16-8-6-11-20-18(16)23(2)17-9-4-3-5-10-17/h6-8,11-13,15,17H,3-5,9-10,14H2,1-2H3,(H,21,25). The Kier molecular flexibility index (Phi) is 5.68. The molecule has 1 saturated carbocycles. The van der Waals surface area contributed by atoms with Crippen molar-refractivity contribution in [1.82, 2.24) is 20.1 Å². The van der Waals surface area contributed by atoms with Gasteiger partial charge in [0.2, 0.25) is 5.91 Å². The maximum Gasteiger partial charge on any atom is 0.244 e. The predicted molar refractivity (Wildman–Crippen MR) is 98.3 cm³/mol. The van der Waals surface area contributed by atoms with Gasteiger partial charge in [-0.2, -0.15) is 5.10 Å². The first-order valence-corrected chi connectivity index (χ1v) is 9.10. The molecule has 2 aromatic rings. The molecule has 0 bridgehead atoms. The van der Waals surface area contributed by atoms with Gasteiger partial charge in [-0.1, -0.05) is 25.3 Å². The molecule has 0 aromatic carbocycles. The molecule has 6 nitrogen and oxygen atoms in total. The van der Waals surface area contributed by atoms with Crippen LogP contribution in [0.1, 0.15) is 50.6 Å². The fourth-order valence-corrected chi connectivity index (χ4v) is 3.49. The molecule has 3 rings (SSSR count). The van der Waals surface area contributed by atoms with E-state index in [0.717, 1.165) is 11.4 Å². The second-order valence-corrected chi connectivity index (χ2v) is 6.77. The summed E-state index contributed by atoms with van der Waals surface area (Å²) in [5.74, 6) is 0.931. The zero-order valence-electron chi connectivity index (χ0n) is 15.1. The summed E-state index contributed by atoms with van der Waals surface area (Å²) in [6.45, 7) is 2.32. The number of aromatic nitrogens is 3. The summed E-state index contributed by atoms with van der Waals surface area (Å²) in [5, 5.41) is 7.15. The van der Waals surface area contributed by atoms with Crippen LogP contribution in [0.15, 0.2) is 36.8 Å². The number of carbonyl (C=O) groups excluding carboxylic acids is 1. The first kappa shape index (κ1) is 17.5. The summed E-state index contributed by atoms with van der Waals surface area (Å²) >= 11 is 0. The van der Waals surface area contributed by atoms with Crippen molar-refractivity contribution < 1.29 is 4.79 Å². The van der Waals surface area contributed by atoms with Gasteiger partial charge in [0.25, 0.3) is 0 Å². The van der Waals surface area contributed by atoms with Crippen LogP contribution in [-0.4, -0.2) is 33.8 Å². The van der Waals surface area contributed by atoms with Gasteiger partial charge >= 0.3 is 0 Å². The largest absolute Gasteiger partial charge is 0.356 e. The molecule has 25 heavy (non-hydrogen) atoms. The van der Waals surface area contributed by atoms with Gasteiger partial charge < -0.3 is 10.2 Å². The second kappa shape index (κ2) is 8.14. The summed E-state index contributed by atoms with van der Waals surface area (Å²) in [5.41, 5.74) is 1.05. The molecule has 2 aromatic heterocycles. The number of hydrogen-bond acceptors (Lipinski definition) is 4. The van der Waals surface area contributed by atoms with Crippen molar-refractivity contribution in [3.05, 3.63) is 42.4 Å². The van der Waals surface area contributed by atoms with E-state index in [-0.39, 0.29) is 11.9 Å². The molecule has 0 aliphatic heterocycles. The third kappa shape index (κ3) is 4.18. The average Bonchev–Trinajstić information content (AvgIpc) is 3.20. The first-order chi connectivity index (χ1) is 12.2. The van der Waals surface area contributed by atoms with Crippen LogP contribution in [0.2, 0.25) is 0 Å². The molecular formula is C19H27N5O. The lowest BCUT2D eigenvalue weighted by atomic mass is 9.94. The first-order valence-electron chi connectivity index (χ1n) is 9.10. The summed E-state index contributed by atoms with van der Waals surface area (Å²) in [4.78, 5) is 19.3. The van der Waals surface area contributed by atoms with E-state index in [1.807, 2.05) is 31.3 Å². The van der Waals surface area contributed by atoms with E-state index >= 15 is 0 Å². The second-order valence-electron chi connectivity index (χ2n) is 6.77. The van der Waals surface area contributed by atoms with Gasteiger partial charge in [0, 0.05) is 43.8 Å². The highest BCUT2D eigenvalue weighted by Crippen LogP contribution is 2.26. The number of hydrogen-bond donors (Lipinski definition) is 1. The number of anilines is 1. The van der Waals surface area contributed by atoms with E-state index in [4.69, 9.17) is 0 Å². The normalized spacial score (nSPS) is 16.4. The Morgan fingerprint density at radius 2 is 2.12 bits per heavy atom. The molecule has 6 heteroatoms. The number of carbonyl (C=O) groups is 1. The zero-order valence-corrected chi connectivity index (χ0v) is 15.1. The molecule has 134 valence electrons. The molecule has 1 amide bonds. The lowest BCUT2D eigenvalue weighted by Gasteiger charge is -2.33. The molecule has 1 aliphatic carbocycles. The van der Waals surface area contributed by atoms with Crippen molar-refractivity contribution in [3.8, 4) is 0 Å². The van der Waals surface area contributed by atoms with E-state index in [9.17, 15) is 4.79 Å². The number of nitrogens with one attached hydrogen (secondary N) is 1. The van der Waals surface area contributed by atoms with Gasteiger partial charge in [-0.15, -0.1) is 0 Å². The van der Waals surface area contributed by atoms with E-state index in [2.05, 4.69) is 27.3 Å². The van der Waals surface area contributed by atoms with Crippen LogP contribution in [0.4, 0.5) is 5.82 Å². The lowest BCUT2D eigenvalue weighted by molar-refractivity contribution is -0.124. The number of pyridine rings is 1. The highest BCUT2D eigenvalue weighted by atomic mass is 16.2. The highest BCUT2D eigenvalue weighted by Gasteiger charge is 2.21. The quantitative estimate of drug-likeness (QED) is 0.877. The van der Waals surface area contributed by atoms with Crippen molar-refractivity contribution in [2.24, 2.45) is 0 Å². The molecule has 0 spiro atoms. The summed E-state index contributed by atoms with van der Waals surface area (Å²) in [6, 6.07) is 6.01. The maximum absolute atomic E-state index is 12.4. The SMILES string of the molecule is CC(C(=O)NCc1cccnc1N(C)C1CCCCC1)n1cccn1. The van der Waals surface area contributed by atoms with Gasteiger partial charge in [-0.05, 0) is 31.9 Å². The molecule has 1 aliphatic rings. The average molecular weight is 341 g/mol. The van der Waals surface area contributed by atoms with Crippen LogP contribution in [0.3, 0.4) is 0 Å².